The summed E-state index contributed by atoms with van der Waals surface area (Å²) in [6.45, 7) is 2.40. The molecule has 0 aliphatic heterocycles. The lowest BCUT2D eigenvalue weighted by Gasteiger charge is -2.29. The van der Waals surface area contributed by atoms with Crippen LogP contribution in [0.15, 0.2) is 89.8 Å². The fourth-order valence-electron chi connectivity index (χ4n) is 5.64. The van der Waals surface area contributed by atoms with Gasteiger partial charge in [0.05, 0.1) is 17.3 Å². The van der Waals surface area contributed by atoms with Crippen LogP contribution in [-0.2, 0) is 17.8 Å². The number of aromatic nitrogens is 1. The summed E-state index contributed by atoms with van der Waals surface area (Å²) in [5.41, 5.74) is 6.43. The molecule has 0 radical (unpaired) electrons. The van der Waals surface area contributed by atoms with Crippen LogP contribution in [0.1, 0.15) is 59.3 Å². The van der Waals surface area contributed by atoms with Crippen molar-refractivity contribution in [2.24, 2.45) is 5.92 Å². The molecule has 204 valence electrons. The third-order valence-corrected chi connectivity index (χ3v) is 9.01. The molecule has 1 saturated carbocycles. The largest absolute Gasteiger partial charge is 0.306 e. The molecule has 0 unspecified atom stereocenters. The summed E-state index contributed by atoms with van der Waals surface area (Å²) in [6.07, 6.45) is 3.93. The van der Waals surface area contributed by atoms with Gasteiger partial charge in [0.25, 0.3) is 0 Å². The number of pyridine rings is 1. The number of carbonyl (C=O) groups excluding carboxylic acids is 1. The van der Waals surface area contributed by atoms with Crippen molar-refractivity contribution in [1.82, 2.24) is 9.71 Å². The molecule has 1 amide bonds. The van der Waals surface area contributed by atoms with E-state index in [1.165, 1.54) is 34.7 Å². The molecule has 6 rings (SSSR count). The Bertz CT molecular complexity index is 1530. The van der Waals surface area contributed by atoms with E-state index in [2.05, 4.69) is 35.1 Å². The van der Waals surface area contributed by atoms with E-state index in [0.717, 1.165) is 47.7 Å². The summed E-state index contributed by atoms with van der Waals surface area (Å²) in [4.78, 5) is 21.5. The van der Waals surface area contributed by atoms with E-state index in [0.29, 0.717) is 6.54 Å². The SMILES string of the molecule is Cc1cccc(CN(C(=O)[C@@H]2C[C@H]2c2ccccc2)c2ccc3c(c2)[C@@H](NSc2ccc(F)c(Cl)c2)CCC3)n1. The monoisotopic (exact) mass is 571 g/mol. The van der Waals surface area contributed by atoms with Gasteiger partial charge in [-0.15, -0.1) is 0 Å². The van der Waals surface area contributed by atoms with E-state index >= 15 is 0 Å². The van der Waals surface area contributed by atoms with Gasteiger partial charge in [0.2, 0.25) is 5.91 Å². The Labute approximate surface area is 244 Å². The number of anilines is 1. The van der Waals surface area contributed by atoms with Crippen LogP contribution in [0.2, 0.25) is 5.02 Å². The molecule has 4 nitrogen and oxygen atoms in total. The number of amides is 1. The van der Waals surface area contributed by atoms with Crippen LogP contribution in [0.4, 0.5) is 10.1 Å². The van der Waals surface area contributed by atoms with Crippen LogP contribution in [0.5, 0.6) is 0 Å². The van der Waals surface area contributed by atoms with Gasteiger partial charge < -0.3 is 4.90 Å². The molecule has 3 atom stereocenters. The Hall–Kier alpha value is -3.19. The van der Waals surface area contributed by atoms with Crippen molar-refractivity contribution in [1.29, 1.82) is 0 Å². The average molecular weight is 572 g/mol. The van der Waals surface area contributed by atoms with Crippen LogP contribution >= 0.6 is 23.5 Å². The van der Waals surface area contributed by atoms with Crippen molar-refractivity contribution in [2.75, 3.05) is 4.90 Å². The predicted molar refractivity (Wildman–Crippen MR) is 160 cm³/mol. The number of nitrogens with one attached hydrogen (secondary N) is 1. The summed E-state index contributed by atoms with van der Waals surface area (Å²) in [6, 6.07) is 27.6. The molecule has 1 N–H and O–H groups in total. The maximum Gasteiger partial charge on any atom is 0.231 e. The highest BCUT2D eigenvalue weighted by Crippen LogP contribution is 2.49. The standard InChI is InChI=1S/C33H31ClFN3OS/c1-21-7-5-11-24(36-21)20-38(33(39)29-19-27(29)22-8-3-2-4-9-22)25-14-13-23-10-6-12-32(28(23)17-25)37-40-26-15-16-31(35)30(34)18-26/h2-5,7-9,11,13-18,27,29,32,37H,6,10,12,19-20H2,1H3/t27-,29+,32-/m0/s1. The molecule has 2 aliphatic rings. The van der Waals surface area contributed by atoms with Gasteiger partial charge in [-0.25, -0.2) is 4.39 Å². The summed E-state index contributed by atoms with van der Waals surface area (Å²) in [7, 11) is 0. The summed E-state index contributed by atoms with van der Waals surface area (Å²) in [5, 5.41) is 0.117. The van der Waals surface area contributed by atoms with Crippen molar-refractivity contribution in [3.05, 3.63) is 124 Å². The first-order valence-electron chi connectivity index (χ1n) is 13.8. The molecule has 0 bridgehead atoms. The molecule has 1 aromatic heterocycles. The molecule has 40 heavy (non-hydrogen) atoms. The van der Waals surface area contributed by atoms with Crippen molar-refractivity contribution >= 4 is 35.1 Å². The smallest absolute Gasteiger partial charge is 0.231 e. The van der Waals surface area contributed by atoms with Crippen LogP contribution in [0.25, 0.3) is 0 Å². The van der Waals surface area contributed by atoms with E-state index in [9.17, 15) is 9.18 Å². The zero-order valence-corrected chi connectivity index (χ0v) is 23.9. The quantitative estimate of drug-likeness (QED) is 0.217. The lowest BCUT2D eigenvalue weighted by molar-refractivity contribution is -0.120. The third kappa shape index (κ3) is 5.95. The zero-order valence-electron chi connectivity index (χ0n) is 22.3. The Morgan fingerprint density at radius 2 is 1.93 bits per heavy atom. The van der Waals surface area contributed by atoms with Crippen LogP contribution in [-0.4, -0.2) is 10.9 Å². The Morgan fingerprint density at radius 3 is 2.73 bits per heavy atom. The molecular formula is C33H31ClFN3OS. The van der Waals surface area contributed by atoms with E-state index in [4.69, 9.17) is 16.6 Å². The van der Waals surface area contributed by atoms with Crippen LogP contribution < -0.4 is 9.62 Å². The number of hydrogen-bond donors (Lipinski definition) is 1. The molecule has 1 heterocycles. The average Bonchev–Trinajstić information content (AvgIpc) is 3.78. The number of benzene rings is 3. The first-order valence-corrected chi connectivity index (χ1v) is 14.9. The van der Waals surface area contributed by atoms with E-state index < -0.39 is 5.82 Å². The minimum absolute atomic E-state index is 0.0315. The normalized spacial score (nSPS) is 19.6. The molecule has 1 fully saturated rings. The van der Waals surface area contributed by atoms with Crippen molar-refractivity contribution < 1.29 is 9.18 Å². The van der Waals surface area contributed by atoms with Gasteiger partial charge in [0, 0.05) is 28.2 Å². The van der Waals surface area contributed by atoms with E-state index in [1.54, 1.807) is 12.1 Å². The molecule has 7 heteroatoms. The van der Waals surface area contributed by atoms with Gasteiger partial charge in [0.1, 0.15) is 5.82 Å². The summed E-state index contributed by atoms with van der Waals surface area (Å²) >= 11 is 7.46. The zero-order chi connectivity index (χ0) is 27.6. The number of nitrogens with zero attached hydrogens (tertiary/aromatic N) is 2. The number of halogens is 2. The number of aryl methyl sites for hydroxylation is 2. The first-order chi connectivity index (χ1) is 19.5. The van der Waals surface area contributed by atoms with Gasteiger partial charge in [-0.1, -0.05) is 54.1 Å². The number of rotatable bonds is 8. The maximum absolute atomic E-state index is 14.0. The van der Waals surface area contributed by atoms with Crippen LogP contribution in [0, 0.1) is 18.7 Å². The molecule has 2 aliphatic carbocycles. The highest BCUT2D eigenvalue weighted by atomic mass is 35.5. The van der Waals surface area contributed by atoms with Crippen molar-refractivity contribution in [2.45, 2.75) is 56.0 Å². The van der Waals surface area contributed by atoms with E-state index in [-0.39, 0.29) is 28.8 Å². The van der Waals surface area contributed by atoms with Crippen LogP contribution in [0.3, 0.4) is 0 Å². The Kier molecular flexibility index (Phi) is 7.92. The van der Waals surface area contributed by atoms with Crippen molar-refractivity contribution in [3.8, 4) is 0 Å². The second kappa shape index (κ2) is 11.7. The summed E-state index contributed by atoms with van der Waals surface area (Å²) < 4.78 is 17.2. The molecule has 0 spiro atoms. The highest BCUT2D eigenvalue weighted by molar-refractivity contribution is 7.97. The van der Waals surface area contributed by atoms with Crippen molar-refractivity contribution in [3.63, 3.8) is 0 Å². The lowest BCUT2D eigenvalue weighted by atomic mass is 9.87. The summed E-state index contributed by atoms with van der Waals surface area (Å²) in [5.74, 6) is -0.0481. The minimum atomic E-state index is -0.420. The number of hydrogen-bond acceptors (Lipinski definition) is 4. The van der Waals surface area contributed by atoms with Gasteiger partial charge in [-0.2, -0.15) is 0 Å². The topological polar surface area (TPSA) is 45.2 Å². The Balaban J connectivity index is 1.28. The van der Waals surface area contributed by atoms with Gasteiger partial charge in [-0.3, -0.25) is 14.5 Å². The van der Waals surface area contributed by atoms with Gasteiger partial charge in [0.15, 0.2) is 0 Å². The minimum Gasteiger partial charge on any atom is -0.306 e. The number of carbonyl (C=O) groups is 1. The fraction of sp³-hybridized carbons (Fsp3) is 0.273. The predicted octanol–water partition coefficient (Wildman–Crippen LogP) is 8.19. The maximum atomic E-state index is 14.0. The highest BCUT2D eigenvalue weighted by Gasteiger charge is 2.46. The van der Waals surface area contributed by atoms with E-state index in [1.807, 2.05) is 48.2 Å². The molecule has 0 saturated heterocycles. The second-order valence-corrected chi connectivity index (χ2v) is 12.0. The fourth-order valence-corrected chi connectivity index (χ4v) is 6.72. The van der Waals surface area contributed by atoms with Gasteiger partial charge >= 0.3 is 0 Å². The number of fused-ring (bicyclic) bond motifs is 1. The Morgan fingerprint density at radius 1 is 1.07 bits per heavy atom. The molecule has 4 aromatic rings. The second-order valence-electron chi connectivity index (χ2n) is 10.7. The molecule has 3 aromatic carbocycles. The third-order valence-electron chi connectivity index (χ3n) is 7.83. The molecular weight excluding hydrogens is 541 g/mol. The van der Waals surface area contributed by atoms with Gasteiger partial charge in [-0.05, 0) is 110 Å². The first kappa shape index (κ1) is 27.0. The lowest BCUT2D eigenvalue weighted by Crippen LogP contribution is -2.33.